The van der Waals surface area contributed by atoms with E-state index in [0.717, 1.165) is 36.2 Å². The lowest BCUT2D eigenvalue weighted by Gasteiger charge is -2.56. The molecule has 6 saturated carbocycles. The van der Waals surface area contributed by atoms with E-state index in [1.165, 1.54) is 49.5 Å². The van der Waals surface area contributed by atoms with Crippen molar-refractivity contribution in [2.75, 3.05) is 6.61 Å². The van der Waals surface area contributed by atoms with E-state index in [0.29, 0.717) is 31.1 Å². The molecule has 2 heterocycles. The van der Waals surface area contributed by atoms with Crippen LogP contribution < -0.4 is 4.74 Å². The molecule has 33 heavy (non-hydrogen) atoms. The zero-order valence-corrected chi connectivity index (χ0v) is 19.0. The Hall–Kier alpha value is -2.11. The van der Waals surface area contributed by atoms with Gasteiger partial charge in [-0.2, -0.15) is 0 Å². The molecule has 1 N–H and O–H groups in total. The third kappa shape index (κ3) is 3.15. The number of nitrogens with zero attached hydrogens (tertiary/aromatic N) is 1. The van der Waals surface area contributed by atoms with Gasteiger partial charge in [0.2, 0.25) is 0 Å². The fraction of sp³-hybridized carbons (Fsp3) is 0.704. The molecular weight excluding hydrogens is 421 g/mol. The predicted octanol–water partition coefficient (Wildman–Crippen LogP) is 4.99. The Morgan fingerprint density at radius 3 is 2.24 bits per heavy atom. The van der Waals surface area contributed by atoms with Gasteiger partial charge in [0.15, 0.2) is 0 Å². The van der Waals surface area contributed by atoms with Crippen molar-refractivity contribution >= 4 is 11.9 Å². The minimum absolute atomic E-state index is 0.00491. The topological polar surface area (TPSA) is 66.8 Å². The third-order valence-corrected chi connectivity index (χ3v) is 9.82. The van der Waals surface area contributed by atoms with Crippen LogP contribution in [0.4, 0.5) is 4.39 Å². The van der Waals surface area contributed by atoms with Crippen molar-refractivity contribution in [2.45, 2.75) is 82.2 Å². The van der Waals surface area contributed by atoms with E-state index >= 15 is 4.39 Å². The molecule has 0 unspecified atom stereocenters. The molecule has 6 heteroatoms. The van der Waals surface area contributed by atoms with E-state index in [2.05, 4.69) is 0 Å². The quantitative estimate of drug-likeness (QED) is 0.659. The molecule has 2 saturated heterocycles. The highest BCUT2D eigenvalue weighted by Gasteiger charge is 2.56. The number of carboxylic acid groups (broad SMARTS) is 1. The molecule has 0 aromatic heterocycles. The molecule has 1 aromatic carbocycles. The van der Waals surface area contributed by atoms with Gasteiger partial charge in [-0.25, -0.2) is 9.18 Å². The van der Waals surface area contributed by atoms with E-state index < -0.39 is 23.7 Å². The van der Waals surface area contributed by atoms with Crippen LogP contribution in [0.5, 0.6) is 5.75 Å². The maximum Gasteiger partial charge on any atom is 0.326 e. The number of fused-ring (bicyclic) bond motifs is 1. The number of ether oxygens (including phenoxy) is 1. The first-order chi connectivity index (χ1) is 15.9. The lowest BCUT2D eigenvalue weighted by Crippen LogP contribution is -2.48. The number of hydrogen-bond acceptors (Lipinski definition) is 3. The molecule has 1 atom stereocenters. The largest absolute Gasteiger partial charge is 0.493 e. The van der Waals surface area contributed by atoms with Crippen LogP contribution in [0, 0.1) is 34.9 Å². The maximum absolute atomic E-state index is 15.3. The number of halogens is 1. The second-order valence-electron chi connectivity index (χ2n) is 12.2. The summed E-state index contributed by atoms with van der Waals surface area (Å²) in [6.45, 7) is 0.653. The van der Waals surface area contributed by atoms with Crippen LogP contribution in [-0.4, -0.2) is 40.6 Å². The predicted molar refractivity (Wildman–Crippen MR) is 119 cm³/mol. The fourth-order valence-electron chi connectivity index (χ4n) is 8.59. The zero-order chi connectivity index (χ0) is 22.5. The SMILES string of the molecule is O=C(O)[C@@H]1C2CC(C2)N1C(=O)c1cc(C2CC2)c(OCC23CC4CC(CC(C4)C2)C3)cc1F. The van der Waals surface area contributed by atoms with E-state index in [1.54, 1.807) is 6.07 Å². The summed E-state index contributed by atoms with van der Waals surface area (Å²) < 4.78 is 21.7. The summed E-state index contributed by atoms with van der Waals surface area (Å²) in [5.74, 6) is 1.40. The Labute approximate surface area is 193 Å². The van der Waals surface area contributed by atoms with Gasteiger partial charge in [-0.15, -0.1) is 0 Å². The Balaban J connectivity index is 1.15. The summed E-state index contributed by atoms with van der Waals surface area (Å²) >= 11 is 0. The third-order valence-electron chi connectivity index (χ3n) is 9.82. The Kier molecular flexibility index (Phi) is 4.27. The number of benzene rings is 1. The highest BCUT2D eigenvalue weighted by molar-refractivity contribution is 5.98. The minimum atomic E-state index is -0.980. The number of rotatable bonds is 6. The average molecular weight is 454 g/mol. The van der Waals surface area contributed by atoms with Gasteiger partial charge in [0.25, 0.3) is 5.91 Å². The van der Waals surface area contributed by atoms with Crippen molar-refractivity contribution in [2.24, 2.45) is 29.1 Å². The summed E-state index contributed by atoms with van der Waals surface area (Å²) in [7, 11) is 0. The smallest absolute Gasteiger partial charge is 0.326 e. The van der Waals surface area contributed by atoms with Crippen molar-refractivity contribution in [3.05, 3.63) is 29.1 Å². The number of hydrogen-bond donors (Lipinski definition) is 1. The number of amides is 1. The second-order valence-corrected chi connectivity index (χ2v) is 12.2. The Morgan fingerprint density at radius 1 is 1.03 bits per heavy atom. The highest BCUT2D eigenvalue weighted by Crippen LogP contribution is 2.60. The molecule has 8 aliphatic rings. The normalized spacial score (nSPS) is 40.1. The molecular formula is C27H32FNO4. The van der Waals surface area contributed by atoms with Gasteiger partial charge in [0.05, 0.1) is 12.2 Å². The summed E-state index contributed by atoms with van der Waals surface area (Å²) in [5, 5.41) is 9.62. The maximum atomic E-state index is 15.3. The zero-order valence-electron chi connectivity index (χ0n) is 19.0. The summed E-state index contributed by atoms with van der Waals surface area (Å²) in [5.41, 5.74) is 1.19. The Morgan fingerprint density at radius 2 is 1.67 bits per heavy atom. The van der Waals surface area contributed by atoms with E-state index in [-0.39, 0.29) is 22.9 Å². The standard InChI is InChI=1S/C27H32FNO4/c28-22-9-23(33-13-27-10-14-3-15(11-27)5-16(4-14)12-27)20(17-1-2-17)8-21(22)25(30)29-19-6-18(7-19)24(29)26(31)32/h8-9,14-19,24H,1-7,10-13H2,(H,31,32)/t14?,15?,16?,18?,19?,24-,27?/m0/s1. The van der Waals surface area contributed by atoms with E-state index in [1.807, 2.05) is 0 Å². The summed E-state index contributed by atoms with van der Waals surface area (Å²) in [4.78, 5) is 26.5. The first kappa shape index (κ1) is 20.3. The number of carboxylic acids is 1. The van der Waals surface area contributed by atoms with Crippen LogP contribution in [0.3, 0.4) is 0 Å². The Bertz CT molecular complexity index is 992. The summed E-state index contributed by atoms with van der Waals surface area (Å²) in [6, 6.07) is 2.20. The van der Waals surface area contributed by atoms with E-state index in [9.17, 15) is 14.7 Å². The van der Waals surface area contributed by atoms with Gasteiger partial charge in [-0.3, -0.25) is 4.79 Å². The average Bonchev–Trinajstić information content (AvgIpc) is 3.40. The van der Waals surface area contributed by atoms with Gasteiger partial charge in [-0.1, -0.05) is 0 Å². The number of carbonyl (C=O) groups is 2. The van der Waals surface area contributed by atoms with Crippen LogP contribution in [-0.2, 0) is 4.79 Å². The molecule has 9 rings (SSSR count). The lowest BCUT2D eigenvalue weighted by molar-refractivity contribution is -0.141. The van der Waals surface area contributed by atoms with Crippen molar-refractivity contribution < 1.29 is 23.8 Å². The lowest BCUT2D eigenvalue weighted by atomic mass is 9.50. The van der Waals surface area contributed by atoms with Crippen molar-refractivity contribution in [1.29, 1.82) is 0 Å². The number of carbonyl (C=O) groups excluding carboxylic acids is 1. The number of aliphatic carboxylic acids is 1. The first-order valence-corrected chi connectivity index (χ1v) is 12.9. The van der Waals surface area contributed by atoms with Crippen molar-refractivity contribution in [3.63, 3.8) is 0 Å². The minimum Gasteiger partial charge on any atom is -0.493 e. The summed E-state index contributed by atoms with van der Waals surface area (Å²) in [6.07, 6.45) is 11.4. The molecule has 176 valence electrons. The van der Waals surface area contributed by atoms with Gasteiger partial charge in [0, 0.05) is 17.5 Å². The van der Waals surface area contributed by atoms with Gasteiger partial charge in [0.1, 0.15) is 17.6 Å². The molecule has 8 fully saturated rings. The molecule has 6 bridgehead atoms. The monoisotopic (exact) mass is 453 g/mol. The molecule has 1 aromatic rings. The molecule has 2 aliphatic heterocycles. The van der Waals surface area contributed by atoms with Gasteiger partial charge in [-0.05, 0) is 105 Å². The molecule has 0 radical (unpaired) electrons. The molecule has 5 nitrogen and oxygen atoms in total. The van der Waals surface area contributed by atoms with Crippen LogP contribution >= 0.6 is 0 Å². The van der Waals surface area contributed by atoms with Gasteiger partial charge >= 0.3 is 5.97 Å². The van der Waals surface area contributed by atoms with Crippen LogP contribution in [0.1, 0.15) is 86.0 Å². The van der Waals surface area contributed by atoms with Crippen LogP contribution in [0.2, 0.25) is 0 Å². The van der Waals surface area contributed by atoms with Crippen molar-refractivity contribution in [1.82, 2.24) is 4.90 Å². The first-order valence-electron chi connectivity index (χ1n) is 12.9. The molecule has 1 amide bonds. The van der Waals surface area contributed by atoms with Gasteiger partial charge < -0.3 is 14.7 Å². The highest BCUT2D eigenvalue weighted by atomic mass is 19.1. The van der Waals surface area contributed by atoms with Crippen LogP contribution in [0.25, 0.3) is 0 Å². The molecule has 0 spiro atoms. The molecule has 6 aliphatic carbocycles. The van der Waals surface area contributed by atoms with Crippen LogP contribution in [0.15, 0.2) is 12.1 Å². The van der Waals surface area contributed by atoms with Crippen molar-refractivity contribution in [3.8, 4) is 5.75 Å². The second kappa shape index (κ2) is 6.96. The fourth-order valence-corrected chi connectivity index (χ4v) is 8.59. The van der Waals surface area contributed by atoms with E-state index in [4.69, 9.17) is 4.74 Å².